The third kappa shape index (κ3) is 5.47. The number of thioether (sulfide) groups is 1. The molecular weight excluding hydrogens is 272 g/mol. The third-order valence-electron chi connectivity index (χ3n) is 2.60. The number of amides is 1. The standard InChI is InChI=1S/C15H18N2O2S/c1-19-9-3-8-17-15(18)13(11-16)10-12-4-6-14(20-2)7-5-12/h4-7,10H,3,8-9H2,1-2H3,(H,17,18)/b13-10+. The van der Waals surface area contributed by atoms with Crippen LogP contribution in [0.3, 0.4) is 0 Å². The molecule has 0 aliphatic rings. The van der Waals surface area contributed by atoms with Gasteiger partial charge in [-0.2, -0.15) is 5.26 Å². The van der Waals surface area contributed by atoms with E-state index in [-0.39, 0.29) is 11.5 Å². The van der Waals surface area contributed by atoms with Gasteiger partial charge in [0, 0.05) is 25.2 Å². The molecule has 1 N–H and O–H groups in total. The van der Waals surface area contributed by atoms with Crippen LogP contribution in [-0.2, 0) is 9.53 Å². The van der Waals surface area contributed by atoms with Gasteiger partial charge in [0.1, 0.15) is 11.6 Å². The number of benzene rings is 1. The number of methoxy groups -OCH3 is 1. The van der Waals surface area contributed by atoms with Gasteiger partial charge in [-0.1, -0.05) is 12.1 Å². The zero-order valence-electron chi connectivity index (χ0n) is 11.7. The van der Waals surface area contributed by atoms with Crippen molar-refractivity contribution < 1.29 is 9.53 Å². The van der Waals surface area contributed by atoms with E-state index >= 15 is 0 Å². The van der Waals surface area contributed by atoms with E-state index in [1.807, 2.05) is 36.6 Å². The van der Waals surface area contributed by atoms with E-state index in [4.69, 9.17) is 10.00 Å². The van der Waals surface area contributed by atoms with E-state index < -0.39 is 0 Å². The number of hydrogen-bond donors (Lipinski definition) is 1. The first kappa shape index (κ1) is 16.3. The summed E-state index contributed by atoms with van der Waals surface area (Å²) >= 11 is 1.65. The van der Waals surface area contributed by atoms with E-state index in [1.54, 1.807) is 24.9 Å². The maximum absolute atomic E-state index is 11.8. The van der Waals surface area contributed by atoms with Crippen molar-refractivity contribution in [3.8, 4) is 6.07 Å². The summed E-state index contributed by atoms with van der Waals surface area (Å²) in [5.41, 5.74) is 0.950. The van der Waals surface area contributed by atoms with Crippen LogP contribution in [-0.4, -0.2) is 32.4 Å². The number of rotatable bonds is 7. The summed E-state index contributed by atoms with van der Waals surface area (Å²) in [5, 5.41) is 11.8. The van der Waals surface area contributed by atoms with Crippen LogP contribution in [0.15, 0.2) is 34.7 Å². The number of nitrogens with zero attached hydrogens (tertiary/aromatic N) is 1. The van der Waals surface area contributed by atoms with Gasteiger partial charge in [-0.3, -0.25) is 4.79 Å². The number of hydrogen-bond acceptors (Lipinski definition) is 4. The summed E-state index contributed by atoms with van der Waals surface area (Å²) in [4.78, 5) is 13.0. The summed E-state index contributed by atoms with van der Waals surface area (Å²) in [6.45, 7) is 1.08. The molecule has 0 spiro atoms. The zero-order chi connectivity index (χ0) is 14.8. The van der Waals surface area contributed by atoms with Crippen molar-refractivity contribution in [1.29, 1.82) is 5.26 Å². The highest BCUT2D eigenvalue weighted by molar-refractivity contribution is 7.98. The van der Waals surface area contributed by atoms with Crippen LogP contribution >= 0.6 is 11.8 Å². The minimum atomic E-state index is -0.349. The van der Waals surface area contributed by atoms with Gasteiger partial charge in [0.15, 0.2) is 0 Å². The first-order valence-corrected chi connectivity index (χ1v) is 7.46. The Hall–Kier alpha value is -1.77. The highest BCUT2D eigenvalue weighted by Gasteiger charge is 2.07. The predicted molar refractivity (Wildman–Crippen MR) is 81.3 cm³/mol. The van der Waals surface area contributed by atoms with Crippen molar-refractivity contribution in [3.63, 3.8) is 0 Å². The molecule has 0 heterocycles. The fraction of sp³-hybridized carbons (Fsp3) is 0.333. The summed E-state index contributed by atoms with van der Waals surface area (Å²) in [6, 6.07) is 9.63. The second-order valence-corrected chi connectivity index (χ2v) is 4.92. The number of ether oxygens (including phenoxy) is 1. The van der Waals surface area contributed by atoms with Crippen LogP contribution in [0.5, 0.6) is 0 Å². The van der Waals surface area contributed by atoms with Gasteiger partial charge in [0.25, 0.3) is 5.91 Å². The van der Waals surface area contributed by atoms with Crippen LogP contribution in [0.2, 0.25) is 0 Å². The summed E-state index contributed by atoms with van der Waals surface area (Å²) < 4.78 is 4.90. The second kappa shape index (κ2) is 9.18. The average molecular weight is 290 g/mol. The monoisotopic (exact) mass is 290 g/mol. The summed E-state index contributed by atoms with van der Waals surface area (Å²) in [7, 11) is 1.61. The fourth-order valence-electron chi connectivity index (χ4n) is 1.53. The van der Waals surface area contributed by atoms with Crippen molar-refractivity contribution >= 4 is 23.7 Å². The Labute approximate surface area is 123 Å². The van der Waals surface area contributed by atoms with E-state index in [2.05, 4.69) is 5.32 Å². The lowest BCUT2D eigenvalue weighted by Gasteiger charge is -2.04. The normalized spacial score (nSPS) is 10.9. The zero-order valence-corrected chi connectivity index (χ0v) is 12.5. The van der Waals surface area contributed by atoms with Gasteiger partial charge in [-0.25, -0.2) is 0 Å². The average Bonchev–Trinajstić information content (AvgIpc) is 2.49. The van der Waals surface area contributed by atoms with Crippen molar-refractivity contribution in [2.45, 2.75) is 11.3 Å². The minimum absolute atomic E-state index is 0.110. The van der Waals surface area contributed by atoms with Crippen LogP contribution in [0.4, 0.5) is 0 Å². The molecule has 0 aliphatic carbocycles. The molecule has 0 bridgehead atoms. The van der Waals surface area contributed by atoms with Gasteiger partial charge in [-0.15, -0.1) is 11.8 Å². The number of nitrogens with one attached hydrogen (secondary N) is 1. The molecule has 0 saturated carbocycles. The molecule has 0 radical (unpaired) electrons. The Balaban J connectivity index is 2.66. The Kier molecular flexibility index (Phi) is 7.48. The number of carbonyl (C=O) groups excluding carboxylic acids is 1. The number of nitriles is 1. The molecule has 0 aromatic heterocycles. The van der Waals surface area contributed by atoms with Gasteiger partial charge < -0.3 is 10.1 Å². The molecule has 1 rings (SSSR count). The Morgan fingerprint density at radius 1 is 1.45 bits per heavy atom. The molecule has 1 aromatic carbocycles. The fourth-order valence-corrected chi connectivity index (χ4v) is 1.94. The van der Waals surface area contributed by atoms with Crippen LogP contribution < -0.4 is 5.32 Å². The Morgan fingerprint density at radius 2 is 2.15 bits per heavy atom. The smallest absolute Gasteiger partial charge is 0.261 e. The quantitative estimate of drug-likeness (QED) is 0.363. The Morgan fingerprint density at radius 3 is 2.70 bits per heavy atom. The minimum Gasteiger partial charge on any atom is -0.385 e. The van der Waals surface area contributed by atoms with Gasteiger partial charge >= 0.3 is 0 Å². The topological polar surface area (TPSA) is 62.1 Å². The van der Waals surface area contributed by atoms with Gasteiger partial charge in [-0.05, 0) is 36.4 Å². The van der Waals surface area contributed by atoms with Crippen LogP contribution in [0.1, 0.15) is 12.0 Å². The molecule has 0 aliphatic heterocycles. The highest BCUT2D eigenvalue weighted by atomic mass is 32.2. The highest BCUT2D eigenvalue weighted by Crippen LogP contribution is 2.16. The van der Waals surface area contributed by atoms with Gasteiger partial charge in [0.2, 0.25) is 0 Å². The lowest BCUT2D eigenvalue weighted by Crippen LogP contribution is -2.26. The maximum Gasteiger partial charge on any atom is 0.261 e. The van der Waals surface area contributed by atoms with E-state index in [0.29, 0.717) is 13.2 Å². The second-order valence-electron chi connectivity index (χ2n) is 4.05. The summed E-state index contributed by atoms with van der Waals surface area (Å²) in [5.74, 6) is -0.349. The lowest BCUT2D eigenvalue weighted by molar-refractivity contribution is -0.117. The first-order valence-electron chi connectivity index (χ1n) is 6.24. The van der Waals surface area contributed by atoms with Crippen LogP contribution in [0, 0.1) is 11.3 Å². The molecule has 0 unspecified atom stereocenters. The van der Waals surface area contributed by atoms with E-state index in [9.17, 15) is 4.79 Å². The molecule has 0 fully saturated rings. The van der Waals surface area contributed by atoms with Crippen molar-refractivity contribution in [2.24, 2.45) is 0 Å². The molecule has 1 amide bonds. The molecule has 5 heteroatoms. The molecule has 0 atom stereocenters. The SMILES string of the molecule is COCCCNC(=O)/C(C#N)=C/c1ccc(SC)cc1. The molecule has 0 saturated heterocycles. The van der Waals surface area contributed by atoms with Crippen molar-refractivity contribution in [3.05, 3.63) is 35.4 Å². The molecular formula is C15H18N2O2S. The number of carbonyl (C=O) groups is 1. The third-order valence-corrected chi connectivity index (χ3v) is 3.35. The summed E-state index contributed by atoms with van der Waals surface area (Å²) in [6.07, 6.45) is 4.32. The Bertz CT molecular complexity index is 504. The van der Waals surface area contributed by atoms with E-state index in [1.165, 1.54) is 0 Å². The largest absolute Gasteiger partial charge is 0.385 e. The lowest BCUT2D eigenvalue weighted by atomic mass is 10.1. The van der Waals surface area contributed by atoms with Gasteiger partial charge in [0.05, 0.1) is 0 Å². The molecule has 106 valence electrons. The molecule has 20 heavy (non-hydrogen) atoms. The van der Waals surface area contributed by atoms with Crippen molar-refractivity contribution in [1.82, 2.24) is 5.32 Å². The maximum atomic E-state index is 11.8. The molecule has 1 aromatic rings. The molecule has 4 nitrogen and oxygen atoms in total. The van der Waals surface area contributed by atoms with E-state index in [0.717, 1.165) is 16.9 Å². The first-order chi connectivity index (χ1) is 9.71. The van der Waals surface area contributed by atoms with Crippen molar-refractivity contribution in [2.75, 3.05) is 26.5 Å². The predicted octanol–water partition coefficient (Wildman–Crippen LogP) is 2.47. The van der Waals surface area contributed by atoms with Crippen LogP contribution in [0.25, 0.3) is 6.08 Å².